The summed E-state index contributed by atoms with van der Waals surface area (Å²) in [6.07, 6.45) is 0.630. The first-order chi connectivity index (χ1) is 16.4. The second-order valence-corrected chi connectivity index (χ2v) is 8.48. The summed E-state index contributed by atoms with van der Waals surface area (Å²) in [4.78, 5) is 37.4. The first-order valence-electron chi connectivity index (χ1n) is 10.00. The highest BCUT2D eigenvalue weighted by Crippen LogP contribution is 2.31. The van der Waals surface area contributed by atoms with Gasteiger partial charge in [0, 0.05) is 11.3 Å². The molecule has 34 heavy (non-hydrogen) atoms. The van der Waals surface area contributed by atoms with Gasteiger partial charge in [-0.3, -0.25) is 0 Å². The molecule has 1 aromatic heterocycles. The molecular formula is C24H22N2O6S2. The molecule has 0 spiro atoms. The Morgan fingerprint density at radius 3 is 2.12 bits per heavy atom. The minimum absolute atomic E-state index is 0.102. The first-order valence-corrected chi connectivity index (χ1v) is 11.2. The van der Waals surface area contributed by atoms with Gasteiger partial charge in [0.2, 0.25) is 0 Å². The van der Waals surface area contributed by atoms with Gasteiger partial charge in [0.05, 0.1) is 43.7 Å². The number of methoxy groups -OCH3 is 3. The Kier molecular flexibility index (Phi) is 8.34. The summed E-state index contributed by atoms with van der Waals surface area (Å²) in [5.74, 6) is -1.70. The number of carbonyl (C=O) groups excluding carboxylic acids is 3. The van der Waals surface area contributed by atoms with E-state index in [0.717, 1.165) is 10.4 Å². The van der Waals surface area contributed by atoms with Crippen molar-refractivity contribution >= 4 is 57.3 Å². The Balaban J connectivity index is 1.87. The van der Waals surface area contributed by atoms with Gasteiger partial charge in [-0.25, -0.2) is 14.4 Å². The van der Waals surface area contributed by atoms with Gasteiger partial charge in [-0.2, -0.15) is 0 Å². The van der Waals surface area contributed by atoms with Crippen LogP contribution in [0, 0.1) is 0 Å². The number of nitrogens with one attached hydrogen (secondary N) is 2. The van der Waals surface area contributed by atoms with Gasteiger partial charge in [-0.15, -0.1) is 11.3 Å². The van der Waals surface area contributed by atoms with Crippen molar-refractivity contribution in [3.8, 4) is 0 Å². The van der Waals surface area contributed by atoms with E-state index in [1.807, 2.05) is 30.3 Å². The molecule has 0 saturated heterocycles. The maximum Gasteiger partial charge on any atom is 0.340 e. The van der Waals surface area contributed by atoms with E-state index in [0.29, 0.717) is 17.0 Å². The lowest BCUT2D eigenvalue weighted by atomic mass is 10.1. The van der Waals surface area contributed by atoms with Crippen molar-refractivity contribution in [3.63, 3.8) is 0 Å². The smallest absolute Gasteiger partial charge is 0.340 e. The maximum atomic E-state index is 12.3. The lowest BCUT2D eigenvalue weighted by molar-refractivity contribution is 0.0587. The van der Waals surface area contributed by atoms with Crippen LogP contribution in [-0.2, 0) is 20.6 Å². The van der Waals surface area contributed by atoms with Crippen LogP contribution in [0.15, 0.2) is 54.6 Å². The Morgan fingerprint density at radius 2 is 1.47 bits per heavy atom. The molecule has 0 radical (unpaired) electrons. The van der Waals surface area contributed by atoms with E-state index < -0.39 is 17.9 Å². The van der Waals surface area contributed by atoms with Crippen LogP contribution in [-0.4, -0.2) is 44.3 Å². The molecule has 0 aliphatic carbocycles. The van der Waals surface area contributed by atoms with Gasteiger partial charge in [0.15, 0.2) is 5.11 Å². The minimum atomic E-state index is -0.613. The number of hydrogen-bond acceptors (Lipinski definition) is 8. The molecule has 0 aliphatic rings. The van der Waals surface area contributed by atoms with Crippen molar-refractivity contribution in [1.29, 1.82) is 0 Å². The highest BCUT2D eigenvalue weighted by Gasteiger charge is 2.20. The fraction of sp³-hybridized carbons (Fsp3) is 0.167. The molecule has 3 rings (SSSR count). The largest absolute Gasteiger partial charge is 0.465 e. The van der Waals surface area contributed by atoms with Crippen molar-refractivity contribution in [1.82, 2.24) is 0 Å². The van der Waals surface area contributed by atoms with Gasteiger partial charge < -0.3 is 24.8 Å². The number of thiocarbonyl (C=S) groups is 1. The Labute approximate surface area is 205 Å². The fourth-order valence-electron chi connectivity index (χ4n) is 3.12. The van der Waals surface area contributed by atoms with Gasteiger partial charge in [-0.1, -0.05) is 30.3 Å². The minimum Gasteiger partial charge on any atom is -0.465 e. The molecule has 0 atom stereocenters. The van der Waals surface area contributed by atoms with Gasteiger partial charge in [-0.05, 0) is 42.0 Å². The standard InChI is InChI=1S/C24H22N2O6S2/c1-30-21(27)15-9-10-17(22(28)31-2)19(12-15)25-24(33)26-20-18(23(29)32-3)13-16(34-20)11-14-7-5-4-6-8-14/h4-10,12-13H,11H2,1-3H3,(H2,25,26,33). The molecule has 0 unspecified atom stereocenters. The van der Waals surface area contributed by atoms with Crippen molar-refractivity contribution in [2.45, 2.75) is 6.42 Å². The highest BCUT2D eigenvalue weighted by atomic mass is 32.1. The molecule has 2 N–H and O–H groups in total. The Bertz CT molecular complexity index is 1220. The normalized spacial score (nSPS) is 10.2. The average Bonchev–Trinajstić information content (AvgIpc) is 3.24. The van der Waals surface area contributed by atoms with Crippen molar-refractivity contribution in [3.05, 3.63) is 81.7 Å². The summed E-state index contributed by atoms with van der Waals surface area (Å²) >= 11 is 6.78. The first kappa shape index (κ1) is 24.9. The van der Waals surface area contributed by atoms with Gasteiger partial charge >= 0.3 is 17.9 Å². The lowest BCUT2D eigenvalue weighted by Gasteiger charge is -2.14. The summed E-state index contributed by atoms with van der Waals surface area (Å²) in [5, 5.41) is 6.49. The molecule has 0 aliphatic heterocycles. The van der Waals surface area contributed by atoms with Crippen LogP contribution in [0.5, 0.6) is 0 Å². The molecule has 0 fully saturated rings. The average molecular weight is 499 g/mol. The van der Waals surface area contributed by atoms with E-state index in [2.05, 4.69) is 10.6 Å². The topological polar surface area (TPSA) is 103 Å². The third-order valence-corrected chi connectivity index (χ3v) is 5.99. The zero-order chi connectivity index (χ0) is 24.7. The Hall–Kier alpha value is -3.76. The van der Waals surface area contributed by atoms with Crippen LogP contribution in [0.1, 0.15) is 41.5 Å². The van der Waals surface area contributed by atoms with Gasteiger partial charge in [0.1, 0.15) is 5.00 Å². The number of ether oxygens (including phenoxy) is 3. The highest BCUT2D eigenvalue weighted by molar-refractivity contribution is 7.80. The SMILES string of the molecule is COC(=O)c1ccc(C(=O)OC)c(NC(=S)Nc2sc(Cc3ccccc3)cc2C(=O)OC)c1. The summed E-state index contributed by atoms with van der Waals surface area (Å²) in [6, 6.07) is 15.9. The number of benzene rings is 2. The second-order valence-electron chi connectivity index (χ2n) is 6.93. The van der Waals surface area contributed by atoms with E-state index in [4.69, 9.17) is 26.4 Å². The molecule has 1 heterocycles. The monoisotopic (exact) mass is 498 g/mol. The summed E-state index contributed by atoms with van der Waals surface area (Å²) < 4.78 is 14.5. The van der Waals surface area contributed by atoms with E-state index in [-0.39, 0.29) is 21.9 Å². The number of anilines is 2. The lowest BCUT2D eigenvalue weighted by Crippen LogP contribution is -2.22. The zero-order valence-electron chi connectivity index (χ0n) is 18.7. The third-order valence-electron chi connectivity index (χ3n) is 4.73. The van der Waals surface area contributed by atoms with E-state index in [1.165, 1.54) is 50.9 Å². The van der Waals surface area contributed by atoms with Gasteiger partial charge in [0.25, 0.3) is 0 Å². The van der Waals surface area contributed by atoms with Crippen LogP contribution in [0.25, 0.3) is 0 Å². The van der Waals surface area contributed by atoms with Crippen LogP contribution < -0.4 is 10.6 Å². The van der Waals surface area contributed by atoms with Crippen molar-refractivity contribution in [2.75, 3.05) is 32.0 Å². The number of esters is 3. The molecule has 0 amide bonds. The van der Waals surface area contributed by atoms with Crippen molar-refractivity contribution in [2.24, 2.45) is 0 Å². The molecule has 0 saturated carbocycles. The molecule has 10 heteroatoms. The molecule has 176 valence electrons. The summed E-state index contributed by atoms with van der Waals surface area (Å²) in [6.45, 7) is 0. The third kappa shape index (κ3) is 5.97. The van der Waals surface area contributed by atoms with E-state index in [9.17, 15) is 14.4 Å². The zero-order valence-corrected chi connectivity index (χ0v) is 20.3. The molecule has 3 aromatic rings. The van der Waals surface area contributed by atoms with Crippen LogP contribution in [0.4, 0.5) is 10.7 Å². The number of rotatable bonds is 7. The van der Waals surface area contributed by atoms with Crippen LogP contribution >= 0.6 is 23.6 Å². The molecular weight excluding hydrogens is 476 g/mol. The van der Waals surface area contributed by atoms with Crippen molar-refractivity contribution < 1.29 is 28.6 Å². The number of carbonyl (C=O) groups is 3. The molecule has 0 bridgehead atoms. The van der Waals surface area contributed by atoms with E-state index >= 15 is 0 Å². The summed E-state index contributed by atoms with van der Waals surface area (Å²) in [5.41, 5.74) is 2.06. The number of thiophene rings is 1. The summed E-state index contributed by atoms with van der Waals surface area (Å²) in [7, 11) is 3.81. The molecule has 2 aromatic carbocycles. The fourth-order valence-corrected chi connectivity index (χ4v) is 4.48. The maximum absolute atomic E-state index is 12.3. The predicted octanol–water partition coefficient (Wildman–Crippen LogP) is 4.51. The van der Waals surface area contributed by atoms with E-state index in [1.54, 1.807) is 6.07 Å². The Morgan fingerprint density at radius 1 is 0.824 bits per heavy atom. The molecule has 8 nitrogen and oxygen atoms in total. The predicted molar refractivity (Wildman–Crippen MR) is 134 cm³/mol. The van der Waals surface area contributed by atoms with Crippen LogP contribution in [0.3, 0.4) is 0 Å². The quantitative estimate of drug-likeness (QED) is 0.277. The number of hydrogen-bond donors (Lipinski definition) is 2. The second kappa shape index (κ2) is 11.4. The van der Waals surface area contributed by atoms with Crippen LogP contribution in [0.2, 0.25) is 0 Å².